The second-order valence-corrected chi connectivity index (χ2v) is 7.38. The van der Waals surface area contributed by atoms with E-state index in [4.69, 9.17) is 15.9 Å². The van der Waals surface area contributed by atoms with Gasteiger partial charge in [0.25, 0.3) is 0 Å². The molecule has 0 radical (unpaired) electrons. The number of nitrogens with one attached hydrogen (secondary N) is 3. The predicted octanol–water partition coefficient (Wildman–Crippen LogP) is -2.22. The van der Waals surface area contributed by atoms with Gasteiger partial charge < -0.3 is 37.0 Å². The second kappa shape index (κ2) is 13.4. The van der Waals surface area contributed by atoms with Crippen molar-refractivity contribution in [2.75, 3.05) is 5.75 Å². The number of carboxylic acid groups (broad SMARTS) is 3. The lowest BCUT2D eigenvalue weighted by Crippen LogP contribution is -2.58. The Morgan fingerprint density at radius 3 is 1.77 bits per heavy atom. The zero-order chi connectivity index (χ0) is 24.3. The zero-order valence-corrected chi connectivity index (χ0v) is 17.9. The van der Waals surface area contributed by atoms with E-state index >= 15 is 0 Å². The van der Waals surface area contributed by atoms with Gasteiger partial charge in [-0.15, -0.1) is 0 Å². The van der Waals surface area contributed by atoms with Crippen molar-refractivity contribution < 1.29 is 44.1 Å². The van der Waals surface area contributed by atoms with Gasteiger partial charge in [0.2, 0.25) is 17.7 Å². The minimum atomic E-state index is -1.43. The average Bonchev–Trinajstić information content (AvgIpc) is 2.65. The Bertz CT molecular complexity index is 701. The Morgan fingerprint density at radius 2 is 1.35 bits per heavy atom. The molecule has 0 rings (SSSR count). The van der Waals surface area contributed by atoms with E-state index in [1.54, 1.807) is 13.8 Å². The lowest BCUT2D eigenvalue weighted by molar-refractivity contribution is -0.144. The molecule has 0 heterocycles. The summed E-state index contributed by atoms with van der Waals surface area (Å²) in [4.78, 5) is 69.8. The number of thiol groups is 1. The predicted molar refractivity (Wildman–Crippen MR) is 109 cm³/mol. The molecule has 4 atom stereocenters. The van der Waals surface area contributed by atoms with Gasteiger partial charge in [-0.1, -0.05) is 13.8 Å². The van der Waals surface area contributed by atoms with Crippen LogP contribution >= 0.6 is 12.6 Å². The molecule has 0 bridgehead atoms. The molecule has 0 aliphatic rings. The largest absolute Gasteiger partial charge is 0.481 e. The Morgan fingerprint density at radius 1 is 0.839 bits per heavy atom. The summed E-state index contributed by atoms with van der Waals surface area (Å²) >= 11 is 3.93. The second-order valence-electron chi connectivity index (χ2n) is 7.01. The first-order chi connectivity index (χ1) is 14.3. The van der Waals surface area contributed by atoms with Gasteiger partial charge in [-0.3, -0.25) is 24.0 Å². The molecule has 14 heteroatoms. The maximum absolute atomic E-state index is 12.5. The molecule has 0 aliphatic heterocycles. The number of hydrogen-bond acceptors (Lipinski definition) is 8. The van der Waals surface area contributed by atoms with Crippen molar-refractivity contribution in [3.8, 4) is 0 Å². The van der Waals surface area contributed by atoms with Gasteiger partial charge in [-0.25, -0.2) is 4.79 Å². The van der Waals surface area contributed by atoms with Gasteiger partial charge in [0, 0.05) is 12.2 Å². The van der Waals surface area contributed by atoms with Crippen molar-refractivity contribution in [2.24, 2.45) is 11.7 Å². The first kappa shape index (κ1) is 28.1. The normalized spacial score (nSPS) is 14.6. The SMILES string of the molecule is CC(C)C(NC(=O)C(CCC(=O)O)NC(=O)C(CS)NC(=O)C(N)CC(=O)O)C(=O)O. The van der Waals surface area contributed by atoms with Gasteiger partial charge >= 0.3 is 17.9 Å². The Kier molecular flexibility index (Phi) is 12.2. The molecule has 4 unspecified atom stereocenters. The minimum Gasteiger partial charge on any atom is -0.481 e. The molecule has 8 N–H and O–H groups in total. The van der Waals surface area contributed by atoms with Crippen molar-refractivity contribution >= 4 is 48.3 Å². The van der Waals surface area contributed by atoms with Crippen LogP contribution in [0.4, 0.5) is 0 Å². The van der Waals surface area contributed by atoms with Gasteiger partial charge in [0.05, 0.1) is 12.5 Å². The van der Waals surface area contributed by atoms with Gasteiger partial charge in [0.15, 0.2) is 0 Å². The topological polar surface area (TPSA) is 225 Å². The van der Waals surface area contributed by atoms with Crippen LogP contribution in [0.15, 0.2) is 0 Å². The summed E-state index contributed by atoms with van der Waals surface area (Å²) in [6.07, 6.45) is -1.52. The van der Waals surface area contributed by atoms with Gasteiger partial charge in [-0.05, 0) is 12.3 Å². The van der Waals surface area contributed by atoms with Gasteiger partial charge in [0.1, 0.15) is 18.1 Å². The summed E-state index contributed by atoms with van der Waals surface area (Å²) in [5, 5.41) is 33.5. The quantitative estimate of drug-likeness (QED) is 0.129. The third kappa shape index (κ3) is 10.6. The van der Waals surface area contributed by atoms with E-state index in [2.05, 4.69) is 28.6 Å². The average molecular weight is 464 g/mol. The molecule has 0 aliphatic carbocycles. The van der Waals surface area contributed by atoms with Crippen LogP contribution in [0.2, 0.25) is 0 Å². The fraction of sp³-hybridized carbons (Fsp3) is 0.647. The monoisotopic (exact) mass is 464 g/mol. The van der Waals surface area contributed by atoms with E-state index in [1.807, 2.05) is 0 Å². The van der Waals surface area contributed by atoms with Crippen molar-refractivity contribution in [3.05, 3.63) is 0 Å². The van der Waals surface area contributed by atoms with Crippen LogP contribution in [0.25, 0.3) is 0 Å². The lowest BCUT2D eigenvalue weighted by Gasteiger charge is -2.25. The van der Waals surface area contributed by atoms with Crippen LogP contribution in [-0.4, -0.2) is 80.9 Å². The summed E-state index contributed by atoms with van der Waals surface area (Å²) in [5.41, 5.74) is 5.43. The van der Waals surface area contributed by atoms with E-state index in [0.29, 0.717) is 0 Å². The highest BCUT2D eigenvalue weighted by molar-refractivity contribution is 7.80. The van der Waals surface area contributed by atoms with Gasteiger partial charge in [-0.2, -0.15) is 12.6 Å². The molecular formula is C17H28N4O9S. The molecule has 31 heavy (non-hydrogen) atoms. The number of amides is 3. The summed E-state index contributed by atoms with van der Waals surface area (Å²) in [7, 11) is 0. The first-order valence-electron chi connectivity index (χ1n) is 9.24. The maximum Gasteiger partial charge on any atom is 0.326 e. The maximum atomic E-state index is 12.5. The van der Waals surface area contributed by atoms with Crippen LogP contribution in [0, 0.1) is 5.92 Å². The van der Waals surface area contributed by atoms with Crippen molar-refractivity contribution in [1.82, 2.24) is 16.0 Å². The van der Waals surface area contributed by atoms with Crippen molar-refractivity contribution in [2.45, 2.75) is 57.3 Å². The fourth-order valence-corrected chi connectivity index (χ4v) is 2.59. The summed E-state index contributed by atoms with van der Waals surface area (Å²) in [6, 6.07) is -5.42. The molecule has 13 nitrogen and oxygen atoms in total. The molecule has 0 saturated heterocycles. The van der Waals surface area contributed by atoms with E-state index < -0.39 is 78.6 Å². The number of aliphatic carboxylic acids is 3. The number of hydrogen-bond donors (Lipinski definition) is 8. The fourth-order valence-electron chi connectivity index (χ4n) is 2.33. The van der Waals surface area contributed by atoms with Crippen LogP contribution in [0.3, 0.4) is 0 Å². The molecule has 0 saturated carbocycles. The Hall–Kier alpha value is -2.87. The number of carboxylic acids is 3. The zero-order valence-electron chi connectivity index (χ0n) is 17.0. The van der Waals surface area contributed by atoms with Crippen LogP contribution in [-0.2, 0) is 28.8 Å². The lowest BCUT2D eigenvalue weighted by atomic mass is 10.0. The number of rotatable bonds is 14. The summed E-state index contributed by atoms with van der Waals surface area (Å²) < 4.78 is 0. The Labute approximate surface area is 183 Å². The van der Waals surface area contributed by atoms with E-state index in [-0.39, 0.29) is 12.2 Å². The summed E-state index contributed by atoms with van der Waals surface area (Å²) in [5.74, 6) is -7.36. The highest BCUT2D eigenvalue weighted by Crippen LogP contribution is 2.06. The summed E-state index contributed by atoms with van der Waals surface area (Å²) in [6.45, 7) is 3.10. The highest BCUT2D eigenvalue weighted by Gasteiger charge is 2.31. The molecule has 0 aromatic carbocycles. The number of carbonyl (C=O) groups excluding carboxylic acids is 3. The highest BCUT2D eigenvalue weighted by atomic mass is 32.1. The smallest absolute Gasteiger partial charge is 0.326 e. The first-order valence-corrected chi connectivity index (χ1v) is 9.87. The number of nitrogens with two attached hydrogens (primary N) is 1. The molecule has 0 fully saturated rings. The number of carbonyl (C=O) groups is 6. The third-order valence-electron chi connectivity index (χ3n) is 4.06. The minimum absolute atomic E-state index is 0.242. The molecule has 3 amide bonds. The molecular weight excluding hydrogens is 436 g/mol. The van der Waals surface area contributed by atoms with Crippen LogP contribution in [0.1, 0.15) is 33.1 Å². The van der Waals surface area contributed by atoms with Crippen LogP contribution < -0.4 is 21.7 Å². The molecule has 0 spiro atoms. The third-order valence-corrected chi connectivity index (χ3v) is 4.42. The standard InChI is InChI=1S/C17H28N4O9S/c1-7(2)13(17(29)30)21-15(27)9(3-4-11(22)23)19-16(28)10(6-31)20-14(26)8(18)5-12(24)25/h7-10,13,31H,3-6,18H2,1-2H3,(H,19,28)(H,20,26)(H,21,27)(H,22,23)(H,24,25)(H,29,30). The van der Waals surface area contributed by atoms with Crippen molar-refractivity contribution in [3.63, 3.8) is 0 Å². The van der Waals surface area contributed by atoms with E-state index in [9.17, 15) is 33.9 Å². The molecule has 0 aromatic rings. The molecule has 0 aromatic heterocycles. The van der Waals surface area contributed by atoms with Crippen LogP contribution in [0.5, 0.6) is 0 Å². The van der Waals surface area contributed by atoms with Crippen molar-refractivity contribution in [1.29, 1.82) is 0 Å². The van der Waals surface area contributed by atoms with E-state index in [1.165, 1.54) is 0 Å². The molecule has 176 valence electrons. The Balaban J connectivity index is 5.33. The van der Waals surface area contributed by atoms with E-state index in [0.717, 1.165) is 0 Å².